The average molecular weight is 250 g/mol. The SMILES string of the molecule is COC(=O)C(CC(=O)O)C(=O)c1ccccc1C. The molecule has 1 aromatic rings. The summed E-state index contributed by atoms with van der Waals surface area (Å²) in [6.45, 7) is 1.72. The molecule has 1 aromatic carbocycles. The third-order valence-corrected chi connectivity index (χ3v) is 2.59. The van der Waals surface area contributed by atoms with Gasteiger partial charge in [-0.15, -0.1) is 0 Å². The Bertz CT molecular complexity index is 478. The molecule has 18 heavy (non-hydrogen) atoms. The summed E-state index contributed by atoms with van der Waals surface area (Å²) >= 11 is 0. The molecule has 1 unspecified atom stereocenters. The minimum Gasteiger partial charge on any atom is -0.481 e. The molecule has 0 heterocycles. The summed E-state index contributed by atoms with van der Waals surface area (Å²) in [4.78, 5) is 34.3. The van der Waals surface area contributed by atoms with Crippen molar-refractivity contribution in [3.8, 4) is 0 Å². The zero-order chi connectivity index (χ0) is 13.7. The number of carboxylic acids is 1. The number of hydrogen-bond acceptors (Lipinski definition) is 4. The third-order valence-electron chi connectivity index (χ3n) is 2.59. The molecule has 1 rings (SSSR count). The summed E-state index contributed by atoms with van der Waals surface area (Å²) in [6, 6.07) is 6.71. The normalized spacial score (nSPS) is 11.7. The summed E-state index contributed by atoms with van der Waals surface area (Å²) in [6.07, 6.45) is -0.570. The van der Waals surface area contributed by atoms with E-state index in [0.717, 1.165) is 7.11 Å². The Kier molecular flexibility index (Phi) is 4.59. The van der Waals surface area contributed by atoms with Crippen molar-refractivity contribution in [1.82, 2.24) is 0 Å². The van der Waals surface area contributed by atoms with Gasteiger partial charge in [-0.05, 0) is 12.5 Å². The summed E-state index contributed by atoms with van der Waals surface area (Å²) in [5.41, 5.74) is 1.04. The second kappa shape index (κ2) is 5.95. The summed E-state index contributed by atoms with van der Waals surface area (Å²) in [5, 5.41) is 8.73. The molecule has 0 saturated heterocycles. The number of Topliss-reactive ketones (excluding diaryl/α,β-unsaturated/α-hetero) is 1. The van der Waals surface area contributed by atoms with Crippen molar-refractivity contribution in [3.05, 3.63) is 35.4 Å². The number of rotatable bonds is 5. The first kappa shape index (κ1) is 13.9. The number of aryl methyl sites for hydroxylation is 1. The molecule has 0 saturated carbocycles. The van der Waals surface area contributed by atoms with E-state index in [1.54, 1.807) is 31.2 Å². The van der Waals surface area contributed by atoms with Crippen LogP contribution in [0.4, 0.5) is 0 Å². The number of methoxy groups -OCH3 is 1. The number of esters is 1. The molecule has 0 aliphatic rings. The fourth-order valence-electron chi connectivity index (χ4n) is 1.64. The summed E-state index contributed by atoms with van der Waals surface area (Å²) in [7, 11) is 1.13. The molecule has 0 spiro atoms. The van der Waals surface area contributed by atoms with Crippen LogP contribution in [0.1, 0.15) is 22.3 Å². The van der Waals surface area contributed by atoms with E-state index in [9.17, 15) is 14.4 Å². The van der Waals surface area contributed by atoms with Crippen LogP contribution in [0.15, 0.2) is 24.3 Å². The molecule has 5 nitrogen and oxygen atoms in total. The van der Waals surface area contributed by atoms with Crippen molar-refractivity contribution in [1.29, 1.82) is 0 Å². The first-order valence-corrected chi connectivity index (χ1v) is 5.36. The molecule has 0 amide bonds. The zero-order valence-electron chi connectivity index (χ0n) is 10.2. The molecule has 0 aliphatic carbocycles. The van der Waals surface area contributed by atoms with Gasteiger partial charge in [0.1, 0.15) is 5.92 Å². The number of carboxylic acid groups (broad SMARTS) is 1. The van der Waals surface area contributed by atoms with Gasteiger partial charge in [-0.25, -0.2) is 0 Å². The van der Waals surface area contributed by atoms with Crippen LogP contribution in [-0.4, -0.2) is 29.9 Å². The second-order valence-electron chi connectivity index (χ2n) is 3.85. The van der Waals surface area contributed by atoms with Gasteiger partial charge < -0.3 is 9.84 Å². The van der Waals surface area contributed by atoms with Gasteiger partial charge in [0.05, 0.1) is 13.5 Å². The number of ether oxygens (including phenoxy) is 1. The van der Waals surface area contributed by atoms with E-state index in [0.29, 0.717) is 11.1 Å². The summed E-state index contributed by atoms with van der Waals surface area (Å²) in [5.74, 6) is -3.87. The lowest BCUT2D eigenvalue weighted by Gasteiger charge is -2.12. The van der Waals surface area contributed by atoms with E-state index in [1.165, 1.54) is 0 Å². The van der Waals surface area contributed by atoms with Crippen LogP contribution in [-0.2, 0) is 14.3 Å². The highest BCUT2D eigenvalue weighted by Gasteiger charge is 2.31. The predicted octanol–water partition coefficient (Wildman–Crippen LogP) is 1.44. The number of benzene rings is 1. The largest absolute Gasteiger partial charge is 0.481 e. The number of ketones is 1. The highest BCUT2D eigenvalue weighted by molar-refractivity contribution is 6.10. The van der Waals surface area contributed by atoms with Gasteiger partial charge in [-0.2, -0.15) is 0 Å². The van der Waals surface area contributed by atoms with Crippen molar-refractivity contribution in [2.24, 2.45) is 5.92 Å². The number of aliphatic carboxylic acids is 1. The third kappa shape index (κ3) is 3.16. The quantitative estimate of drug-likeness (QED) is 0.486. The monoisotopic (exact) mass is 250 g/mol. The lowest BCUT2D eigenvalue weighted by Crippen LogP contribution is -2.28. The highest BCUT2D eigenvalue weighted by atomic mass is 16.5. The van der Waals surface area contributed by atoms with Crippen LogP contribution in [0.5, 0.6) is 0 Å². The van der Waals surface area contributed by atoms with Crippen LogP contribution in [0.2, 0.25) is 0 Å². The van der Waals surface area contributed by atoms with Gasteiger partial charge in [0.2, 0.25) is 0 Å². The van der Waals surface area contributed by atoms with E-state index in [4.69, 9.17) is 5.11 Å². The second-order valence-corrected chi connectivity index (χ2v) is 3.85. The van der Waals surface area contributed by atoms with Crippen molar-refractivity contribution < 1.29 is 24.2 Å². The number of carbonyl (C=O) groups is 3. The van der Waals surface area contributed by atoms with Crippen LogP contribution < -0.4 is 0 Å². The van der Waals surface area contributed by atoms with Crippen LogP contribution in [0.25, 0.3) is 0 Å². The molecule has 96 valence electrons. The maximum Gasteiger partial charge on any atom is 0.317 e. The Balaban J connectivity index is 3.06. The fourth-order valence-corrected chi connectivity index (χ4v) is 1.64. The molecule has 0 aromatic heterocycles. The molecule has 0 bridgehead atoms. The van der Waals surface area contributed by atoms with Crippen molar-refractivity contribution in [2.45, 2.75) is 13.3 Å². The van der Waals surface area contributed by atoms with E-state index < -0.39 is 30.1 Å². The first-order chi connectivity index (χ1) is 8.47. The molecule has 1 N–H and O–H groups in total. The van der Waals surface area contributed by atoms with Gasteiger partial charge >= 0.3 is 11.9 Å². The van der Waals surface area contributed by atoms with Crippen LogP contribution in [0, 0.1) is 12.8 Å². The van der Waals surface area contributed by atoms with Gasteiger partial charge in [-0.3, -0.25) is 14.4 Å². The smallest absolute Gasteiger partial charge is 0.317 e. The van der Waals surface area contributed by atoms with Gasteiger partial charge in [-0.1, -0.05) is 24.3 Å². The number of hydrogen-bond donors (Lipinski definition) is 1. The maximum absolute atomic E-state index is 12.1. The Hall–Kier alpha value is -2.17. The molecule has 1 atom stereocenters. The predicted molar refractivity (Wildman–Crippen MR) is 63.3 cm³/mol. The molecule has 0 radical (unpaired) electrons. The lowest BCUT2D eigenvalue weighted by atomic mass is 9.92. The minimum absolute atomic E-state index is 0.342. The van der Waals surface area contributed by atoms with Crippen molar-refractivity contribution in [3.63, 3.8) is 0 Å². The standard InChI is InChI=1S/C13H14O5/c1-8-5-3-4-6-9(8)12(16)10(7-11(14)15)13(17)18-2/h3-6,10H,7H2,1-2H3,(H,14,15). The summed E-state index contributed by atoms with van der Waals surface area (Å²) < 4.78 is 4.47. The molecular formula is C13H14O5. The molecule has 5 heteroatoms. The van der Waals surface area contributed by atoms with Gasteiger partial charge in [0, 0.05) is 5.56 Å². The Morgan fingerprint density at radius 3 is 2.39 bits per heavy atom. The molecule has 0 fully saturated rings. The zero-order valence-corrected chi connectivity index (χ0v) is 10.2. The topological polar surface area (TPSA) is 80.7 Å². The van der Waals surface area contributed by atoms with Crippen molar-refractivity contribution in [2.75, 3.05) is 7.11 Å². The minimum atomic E-state index is -1.30. The fraction of sp³-hybridized carbons (Fsp3) is 0.308. The maximum atomic E-state index is 12.1. The molecular weight excluding hydrogens is 236 g/mol. The van der Waals surface area contributed by atoms with E-state index >= 15 is 0 Å². The lowest BCUT2D eigenvalue weighted by molar-refractivity contribution is -0.148. The number of carbonyl (C=O) groups excluding carboxylic acids is 2. The van der Waals surface area contributed by atoms with Crippen LogP contribution >= 0.6 is 0 Å². The molecule has 0 aliphatic heterocycles. The Morgan fingerprint density at radius 1 is 1.28 bits per heavy atom. The van der Waals surface area contributed by atoms with Crippen molar-refractivity contribution >= 4 is 17.7 Å². The average Bonchev–Trinajstić information content (AvgIpc) is 2.34. The highest BCUT2D eigenvalue weighted by Crippen LogP contribution is 2.17. The van der Waals surface area contributed by atoms with Gasteiger partial charge in [0.15, 0.2) is 5.78 Å². The van der Waals surface area contributed by atoms with Crippen LogP contribution in [0.3, 0.4) is 0 Å². The van der Waals surface area contributed by atoms with Gasteiger partial charge in [0.25, 0.3) is 0 Å². The van der Waals surface area contributed by atoms with E-state index in [-0.39, 0.29) is 0 Å². The Morgan fingerprint density at radius 2 is 1.89 bits per heavy atom. The Labute approximate surface area is 104 Å². The van der Waals surface area contributed by atoms with E-state index in [1.807, 2.05) is 0 Å². The van der Waals surface area contributed by atoms with E-state index in [2.05, 4.69) is 4.74 Å². The first-order valence-electron chi connectivity index (χ1n) is 5.36.